The lowest BCUT2D eigenvalue weighted by atomic mass is 10.0. The minimum absolute atomic E-state index is 0.0464. The van der Waals surface area contributed by atoms with Crippen molar-refractivity contribution in [2.45, 2.75) is 19.8 Å². The van der Waals surface area contributed by atoms with Crippen LogP contribution in [0.2, 0.25) is 0 Å². The molecule has 1 aromatic carbocycles. The molecule has 15 heavy (non-hydrogen) atoms. The number of aliphatic hydroxyl groups excluding tert-OH is 1. The molecule has 0 atom stereocenters. The molecule has 0 saturated carbocycles. The van der Waals surface area contributed by atoms with E-state index in [1.165, 1.54) is 5.56 Å². The van der Waals surface area contributed by atoms with Gasteiger partial charge >= 0.3 is 5.97 Å². The van der Waals surface area contributed by atoms with E-state index in [4.69, 9.17) is 9.84 Å². The van der Waals surface area contributed by atoms with Crippen LogP contribution in [0.4, 0.5) is 0 Å². The van der Waals surface area contributed by atoms with Crippen molar-refractivity contribution in [2.75, 3.05) is 13.2 Å². The van der Waals surface area contributed by atoms with Gasteiger partial charge < -0.3 is 9.84 Å². The van der Waals surface area contributed by atoms with Crippen LogP contribution in [0.3, 0.4) is 0 Å². The number of rotatable bonds is 4. The van der Waals surface area contributed by atoms with Crippen LogP contribution in [0.5, 0.6) is 0 Å². The minimum atomic E-state index is -0.389. The monoisotopic (exact) mass is 208 g/mol. The van der Waals surface area contributed by atoms with E-state index >= 15 is 0 Å². The van der Waals surface area contributed by atoms with Crippen molar-refractivity contribution in [2.24, 2.45) is 0 Å². The zero-order valence-electron chi connectivity index (χ0n) is 9.06. The Morgan fingerprint density at radius 3 is 2.40 bits per heavy atom. The van der Waals surface area contributed by atoms with Crippen molar-refractivity contribution in [3.63, 3.8) is 0 Å². The Kier molecular flexibility index (Phi) is 4.31. The zero-order chi connectivity index (χ0) is 11.3. The normalized spacial score (nSPS) is 10.4. The van der Waals surface area contributed by atoms with Crippen molar-refractivity contribution in [1.82, 2.24) is 0 Å². The molecule has 0 amide bonds. The zero-order valence-corrected chi connectivity index (χ0v) is 9.06. The van der Waals surface area contributed by atoms with Crippen LogP contribution < -0.4 is 0 Å². The fourth-order valence-corrected chi connectivity index (χ4v) is 1.23. The molecule has 0 fully saturated rings. The lowest BCUT2D eigenvalue weighted by Crippen LogP contribution is -2.08. The molecule has 0 radical (unpaired) electrons. The van der Waals surface area contributed by atoms with Gasteiger partial charge in [0.1, 0.15) is 6.61 Å². The van der Waals surface area contributed by atoms with Crippen molar-refractivity contribution in [1.29, 1.82) is 0 Å². The predicted molar refractivity (Wildman–Crippen MR) is 57.9 cm³/mol. The second-order valence-electron chi connectivity index (χ2n) is 3.64. The van der Waals surface area contributed by atoms with E-state index in [0.29, 0.717) is 11.5 Å². The third-order valence-electron chi connectivity index (χ3n) is 2.14. The fraction of sp³-hybridized carbons (Fsp3) is 0.417. The van der Waals surface area contributed by atoms with Crippen LogP contribution in [-0.4, -0.2) is 24.3 Å². The highest BCUT2D eigenvalue weighted by molar-refractivity contribution is 5.89. The maximum atomic E-state index is 11.4. The summed E-state index contributed by atoms with van der Waals surface area (Å²) in [4.78, 5) is 11.4. The van der Waals surface area contributed by atoms with Gasteiger partial charge in [-0.3, -0.25) is 0 Å². The van der Waals surface area contributed by atoms with Crippen molar-refractivity contribution < 1.29 is 14.6 Å². The van der Waals surface area contributed by atoms with Crippen molar-refractivity contribution in [3.05, 3.63) is 35.4 Å². The van der Waals surface area contributed by atoms with Crippen LogP contribution in [0, 0.1) is 0 Å². The van der Waals surface area contributed by atoms with E-state index in [2.05, 4.69) is 13.8 Å². The van der Waals surface area contributed by atoms with E-state index in [0.717, 1.165) is 0 Å². The van der Waals surface area contributed by atoms with E-state index < -0.39 is 0 Å². The fourth-order valence-electron chi connectivity index (χ4n) is 1.23. The molecule has 3 heteroatoms. The van der Waals surface area contributed by atoms with E-state index in [9.17, 15) is 4.79 Å². The average molecular weight is 208 g/mol. The van der Waals surface area contributed by atoms with E-state index in [1.807, 2.05) is 12.1 Å². The summed E-state index contributed by atoms with van der Waals surface area (Å²) in [6.45, 7) is 4.10. The summed E-state index contributed by atoms with van der Waals surface area (Å²) in [7, 11) is 0. The molecule has 1 aromatic rings. The predicted octanol–water partition coefficient (Wildman–Crippen LogP) is 1.96. The molecule has 0 saturated heterocycles. The molecular weight excluding hydrogens is 192 g/mol. The van der Waals surface area contributed by atoms with Crippen molar-refractivity contribution in [3.8, 4) is 0 Å². The molecule has 0 unspecified atom stereocenters. The molecule has 1 N–H and O–H groups in total. The number of aliphatic hydroxyl groups is 1. The molecule has 1 rings (SSSR count). The molecule has 0 bridgehead atoms. The quantitative estimate of drug-likeness (QED) is 0.769. The SMILES string of the molecule is CC(C)c1ccc(C(=O)OCCO)cc1. The summed E-state index contributed by atoms with van der Waals surface area (Å²) in [5.74, 6) is 0.0619. The highest BCUT2D eigenvalue weighted by atomic mass is 16.5. The summed E-state index contributed by atoms with van der Waals surface area (Å²) < 4.78 is 4.79. The highest BCUT2D eigenvalue weighted by Crippen LogP contribution is 2.14. The van der Waals surface area contributed by atoms with Crippen LogP contribution in [-0.2, 0) is 4.74 Å². The van der Waals surface area contributed by atoms with Crippen LogP contribution >= 0.6 is 0 Å². The van der Waals surface area contributed by atoms with Crippen LogP contribution in [0.1, 0.15) is 35.7 Å². The second kappa shape index (κ2) is 5.51. The molecular formula is C12H16O3. The number of hydrogen-bond donors (Lipinski definition) is 1. The molecule has 0 heterocycles. The molecule has 0 aliphatic rings. The Balaban J connectivity index is 2.67. The van der Waals surface area contributed by atoms with Gasteiger partial charge in [-0.1, -0.05) is 26.0 Å². The number of hydrogen-bond acceptors (Lipinski definition) is 3. The van der Waals surface area contributed by atoms with Crippen molar-refractivity contribution >= 4 is 5.97 Å². The lowest BCUT2D eigenvalue weighted by Gasteiger charge is -2.06. The minimum Gasteiger partial charge on any atom is -0.460 e. The van der Waals surface area contributed by atoms with Gasteiger partial charge in [0, 0.05) is 0 Å². The first-order chi connectivity index (χ1) is 7.15. The Bertz CT molecular complexity index is 314. The van der Waals surface area contributed by atoms with E-state index in [1.54, 1.807) is 12.1 Å². The number of carbonyl (C=O) groups is 1. The topological polar surface area (TPSA) is 46.5 Å². The Morgan fingerprint density at radius 1 is 1.33 bits per heavy atom. The van der Waals surface area contributed by atoms with Gasteiger partial charge in [-0.2, -0.15) is 0 Å². The van der Waals surface area contributed by atoms with Gasteiger partial charge in [0.05, 0.1) is 12.2 Å². The lowest BCUT2D eigenvalue weighted by molar-refractivity contribution is 0.0433. The molecule has 0 spiro atoms. The summed E-state index contributed by atoms with van der Waals surface area (Å²) >= 11 is 0. The standard InChI is InChI=1S/C12H16O3/c1-9(2)10-3-5-11(6-4-10)12(14)15-8-7-13/h3-6,9,13H,7-8H2,1-2H3. The summed E-state index contributed by atoms with van der Waals surface area (Å²) in [5, 5.41) is 8.50. The second-order valence-corrected chi connectivity index (χ2v) is 3.64. The first-order valence-electron chi connectivity index (χ1n) is 5.03. The van der Waals surface area contributed by atoms with Crippen LogP contribution in [0.25, 0.3) is 0 Å². The largest absolute Gasteiger partial charge is 0.460 e. The third-order valence-corrected chi connectivity index (χ3v) is 2.14. The third kappa shape index (κ3) is 3.36. The number of carbonyl (C=O) groups excluding carboxylic acids is 1. The van der Waals surface area contributed by atoms with Gasteiger partial charge in [-0.15, -0.1) is 0 Å². The summed E-state index contributed by atoms with van der Waals surface area (Å²) in [5.41, 5.74) is 1.71. The van der Waals surface area contributed by atoms with Gasteiger partial charge in [0.2, 0.25) is 0 Å². The maximum absolute atomic E-state index is 11.4. The molecule has 0 aliphatic carbocycles. The average Bonchev–Trinajstić information content (AvgIpc) is 2.26. The summed E-state index contributed by atoms with van der Waals surface area (Å²) in [6, 6.07) is 7.32. The Labute approximate surface area is 89.7 Å². The number of esters is 1. The van der Waals surface area contributed by atoms with Crippen LogP contribution in [0.15, 0.2) is 24.3 Å². The Hall–Kier alpha value is -1.35. The van der Waals surface area contributed by atoms with Gasteiger partial charge in [-0.05, 0) is 23.6 Å². The smallest absolute Gasteiger partial charge is 0.338 e. The van der Waals surface area contributed by atoms with Gasteiger partial charge in [0.25, 0.3) is 0 Å². The molecule has 82 valence electrons. The van der Waals surface area contributed by atoms with Gasteiger partial charge in [0.15, 0.2) is 0 Å². The molecule has 0 aromatic heterocycles. The first kappa shape index (κ1) is 11.7. The molecule has 3 nitrogen and oxygen atoms in total. The van der Waals surface area contributed by atoms with Gasteiger partial charge in [-0.25, -0.2) is 4.79 Å². The number of benzene rings is 1. The summed E-state index contributed by atoms with van der Waals surface area (Å²) in [6.07, 6.45) is 0. The Morgan fingerprint density at radius 2 is 1.93 bits per heavy atom. The maximum Gasteiger partial charge on any atom is 0.338 e. The molecule has 0 aliphatic heterocycles. The van der Waals surface area contributed by atoms with E-state index in [-0.39, 0.29) is 19.2 Å². The highest BCUT2D eigenvalue weighted by Gasteiger charge is 2.06. The first-order valence-corrected chi connectivity index (χ1v) is 5.03. The number of ether oxygens (including phenoxy) is 1.